The lowest BCUT2D eigenvalue weighted by Gasteiger charge is -2.45. The predicted molar refractivity (Wildman–Crippen MR) is 135 cm³/mol. The van der Waals surface area contributed by atoms with Gasteiger partial charge in [-0.05, 0) is 83.0 Å². The lowest BCUT2D eigenvalue weighted by atomic mass is 9.81. The SMILES string of the molecule is CB(O)N1CCC(N2CCC(C3(c4ccc(S(=O)(=O)c5ccccc5)cc4)OCCO3)CC2)CC1. The summed E-state index contributed by atoms with van der Waals surface area (Å²) in [4.78, 5) is 5.30. The summed E-state index contributed by atoms with van der Waals surface area (Å²) in [7, 11) is -3.93. The minimum atomic E-state index is -3.56. The molecule has 0 amide bonds. The highest BCUT2D eigenvalue weighted by molar-refractivity contribution is 7.91. The summed E-state index contributed by atoms with van der Waals surface area (Å²) < 4.78 is 38.6. The molecule has 0 aromatic heterocycles. The molecule has 5 rings (SSSR count). The average molecular weight is 498 g/mol. The maximum atomic E-state index is 13.0. The van der Waals surface area contributed by atoms with Gasteiger partial charge in [0.1, 0.15) is 0 Å². The normalized spacial score (nSPS) is 22.9. The Morgan fingerprint density at radius 2 is 1.43 bits per heavy atom. The minimum Gasteiger partial charge on any atom is -0.437 e. The van der Waals surface area contributed by atoms with Crippen molar-refractivity contribution in [2.24, 2.45) is 5.92 Å². The fourth-order valence-electron chi connectivity index (χ4n) is 5.94. The zero-order valence-corrected chi connectivity index (χ0v) is 21.2. The number of piperidine rings is 2. The topological polar surface area (TPSA) is 79.3 Å². The molecule has 0 aliphatic carbocycles. The maximum absolute atomic E-state index is 13.0. The van der Waals surface area contributed by atoms with Gasteiger partial charge < -0.3 is 24.2 Å². The standard InChI is InChI=1S/C26H35BN2O5S/c1-27(30)29-17-13-23(14-18-29)28-15-11-22(12-16-28)26(33-19-20-34-26)21-7-9-25(10-8-21)35(31,32)24-5-3-2-4-6-24/h2-10,22-23,30H,11-20H2,1H3. The van der Waals surface area contributed by atoms with Crippen LogP contribution in [-0.4, -0.2) is 75.6 Å². The monoisotopic (exact) mass is 498 g/mol. The van der Waals surface area contributed by atoms with Gasteiger partial charge in [-0.3, -0.25) is 0 Å². The van der Waals surface area contributed by atoms with E-state index in [0.717, 1.165) is 57.4 Å². The molecule has 3 heterocycles. The van der Waals surface area contributed by atoms with Crippen molar-refractivity contribution in [2.75, 3.05) is 39.4 Å². The molecule has 0 spiro atoms. The molecule has 0 unspecified atom stereocenters. The van der Waals surface area contributed by atoms with Crippen molar-refractivity contribution in [2.45, 2.75) is 54.1 Å². The quantitative estimate of drug-likeness (QED) is 0.614. The fraction of sp³-hybridized carbons (Fsp3) is 0.538. The molecule has 3 aliphatic heterocycles. The molecule has 35 heavy (non-hydrogen) atoms. The van der Waals surface area contributed by atoms with Crippen LogP contribution in [0.5, 0.6) is 0 Å². The molecule has 3 saturated heterocycles. The first-order chi connectivity index (χ1) is 16.9. The van der Waals surface area contributed by atoms with Crippen LogP contribution >= 0.6 is 0 Å². The Morgan fingerprint density at radius 1 is 0.857 bits per heavy atom. The first-order valence-corrected chi connectivity index (χ1v) is 14.2. The van der Waals surface area contributed by atoms with Gasteiger partial charge in [-0.2, -0.15) is 0 Å². The Bertz CT molecular complexity index is 1070. The smallest absolute Gasteiger partial charge is 0.376 e. The number of ether oxygens (including phenoxy) is 2. The molecule has 3 aliphatic rings. The highest BCUT2D eigenvalue weighted by atomic mass is 32.2. The van der Waals surface area contributed by atoms with Crippen LogP contribution in [0.25, 0.3) is 0 Å². The Hall–Kier alpha value is -1.75. The van der Waals surface area contributed by atoms with Crippen molar-refractivity contribution >= 4 is 16.9 Å². The van der Waals surface area contributed by atoms with Crippen LogP contribution < -0.4 is 0 Å². The largest absolute Gasteiger partial charge is 0.437 e. The van der Waals surface area contributed by atoms with E-state index in [2.05, 4.69) is 9.71 Å². The number of benzene rings is 2. The van der Waals surface area contributed by atoms with E-state index in [9.17, 15) is 13.4 Å². The maximum Gasteiger partial charge on any atom is 0.376 e. The summed E-state index contributed by atoms with van der Waals surface area (Å²) in [5.74, 6) is -0.591. The molecule has 0 saturated carbocycles. The molecule has 9 heteroatoms. The Kier molecular flexibility index (Phi) is 7.35. The van der Waals surface area contributed by atoms with Gasteiger partial charge in [-0.15, -0.1) is 0 Å². The summed E-state index contributed by atoms with van der Waals surface area (Å²) in [6.07, 6.45) is 4.12. The van der Waals surface area contributed by atoms with Crippen molar-refractivity contribution in [3.05, 3.63) is 60.2 Å². The molecular weight excluding hydrogens is 463 g/mol. The van der Waals surface area contributed by atoms with Gasteiger partial charge in [0.2, 0.25) is 9.84 Å². The molecule has 2 aromatic rings. The van der Waals surface area contributed by atoms with Crippen LogP contribution in [0.15, 0.2) is 64.4 Å². The highest BCUT2D eigenvalue weighted by Crippen LogP contribution is 2.44. The number of hydrogen-bond donors (Lipinski definition) is 1. The number of sulfone groups is 1. The van der Waals surface area contributed by atoms with Crippen LogP contribution in [0.4, 0.5) is 0 Å². The fourth-order valence-corrected chi connectivity index (χ4v) is 7.22. The average Bonchev–Trinajstić information content (AvgIpc) is 3.41. The van der Waals surface area contributed by atoms with Crippen molar-refractivity contribution < 1.29 is 22.9 Å². The van der Waals surface area contributed by atoms with Gasteiger partial charge in [-0.1, -0.05) is 30.3 Å². The number of rotatable bonds is 6. The molecular formula is C26H35BN2O5S. The van der Waals surface area contributed by atoms with Gasteiger partial charge in [-0.25, -0.2) is 8.42 Å². The van der Waals surface area contributed by atoms with E-state index < -0.39 is 15.6 Å². The first-order valence-electron chi connectivity index (χ1n) is 12.7. The third-order valence-corrected chi connectivity index (χ3v) is 9.73. The second-order valence-corrected chi connectivity index (χ2v) is 11.9. The van der Waals surface area contributed by atoms with E-state index in [1.807, 2.05) is 25.0 Å². The summed E-state index contributed by atoms with van der Waals surface area (Å²) in [6, 6.07) is 16.2. The third kappa shape index (κ3) is 4.95. The van der Waals surface area contributed by atoms with Gasteiger partial charge in [0, 0.05) is 17.5 Å². The number of hydrogen-bond acceptors (Lipinski definition) is 7. The van der Waals surface area contributed by atoms with Gasteiger partial charge >= 0.3 is 7.05 Å². The van der Waals surface area contributed by atoms with E-state index in [1.54, 1.807) is 36.4 Å². The van der Waals surface area contributed by atoms with Gasteiger partial charge in [0.15, 0.2) is 5.79 Å². The minimum absolute atomic E-state index is 0.218. The Labute approximate surface area is 209 Å². The van der Waals surface area contributed by atoms with Crippen molar-refractivity contribution in [1.82, 2.24) is 9.71 Å². The number of likely N-dealkylation sites (tertiary alicyclic amines) is 1. The van der Waals surface area contributed by atoms with E-state index in [0.29, 0.717) is 24.2 Å². The second kappa shape index (κ2) is 10.3. The molecule has 7 nitrogen and oxygen atoms in total. The second-order valence-electron chi connectivity index (χ2n) is 9.91. The summed E-state index contributed by atoms with van der Waals surface area (Å²) in [5.41, 5.74) is 0.894. The van der Waals surface area contributed by atoms with Crippen LogP contribution in [0.2, 0.25) is 6.82 Å². The van der Waals surface area contributed by atoms with Crippen LogP contribution in [0.1, 0.15) is 31.2 Å². The van der Waals surface area contributed by atoms with E-state index in [1.165, 1.54) is 0 Å². The molecule has 2 aromatic carbocycles. The van der Waals surface area contributed by atoms with Crippen LogP contribution in [-0.2, 0) is 25.1 Å². The van der Waals surface area contributed by atoms with Gasteiger partial charge in [0.05, 0.1) is 23.0 Å². The van der Waals surface area contributed by atoms with E-state index in [4.69, 9.17) is 9.47 Å². The highest BCUT2D eigenvalue weighted by Gasteiger charge is 2.47. The zero-order valence-electron chi connectivity index (χ0n) is 20.4. The summed E-state index contributed by atoms with van der Waals surface area (Å²) in [5, 5.41) is 9.84. The molecule has 3 fully saturated rings. The summed E-state index contributed by atoms with van der Waals surface area (Å²) >= 11 is 0. The molecule has 0 atom stereocenters. The molecule has 188 valence electrons. The Balaban J connectivity index is 1.28. The molecule has 0 bridgehead atoms. The number of nitrogens with zero attached hydrogens (tertiary/aromatic N) is 2. The van der Waals surface area contributed by atoms with Crippen molar-refractivity contribution in [3.63, 3.8) is 0 Å². The van der Waals surface area contributed by atoms with Crippen LogP contribution in [0.3, 0.4) is 0 Å². The lowest BCUT2D eigenvalue weighted by Crippen LogP contribution is -2.52. The molecule has 0 radical (unpaired) electrons. The van der Waals surface area contributed by atoms with E-state index in [-0.39, 0.29) is 17.9 Å². The Morgan fingerprint density at radius 3 is 2.00 bits per heavy atom. The van der Waals surface area contributed by atoms with Crippen molar-refractivity contribution in [3.8, 4) is 0 Å². The predicted octanol–water partition coefficient (Wildman–Crippen LogP) is 3.01. The molecule has 1 N–H and O–H groups in total. The first kappa shape index (κ1) is 24.9. The van der Waals surface area contributed by atoms with Gasteiger partial charge in [0.25, 0.3) is 0 Å². The third-order valence-electron chi connectivity index (χ3n) is 7.95. The van der Waals surface area contributed by atoms with Crippen LogP contribution in [0, 0.1) is 5.92 Å². The van der Waals surface area contributed by atoms with E-state index >= 15 is 0 Å². The zero-order chi connectivity index (χ0) is 24.5. The lowest BCUT2D eigenvalue weighted by molar-refractivity contribution is -0.215. The summed E-state index contributed by atoms with van der Waals surface area (Å²) in [6.45, 7) is 6.81. The van der Waals surface area contributed by atoms with Crippen molar-refractivity contribution in [1.29, 1.82) is 0 Å².